The van der Waals surface area contributed by atoms with Crippen LogP contribution in [0.3, 0.4) is 0 Å². The van der Waals surface area contributed by atoms with Gasteiger partial charge in [-0.2, -0.15) is 9.61 Å². The van der Waals surface area contributed by atoms with Gasteiger partial charge < -0.3 is 9.47 Å². The predicted molar refractivity (Wildman–Crippen MR) is 82.0 cm³/mol. The Morgan fingerprint density at radius 3 is 2.68 bits per heavy atom. The molecule has 0 saturated carbocycles. The highest BCUT2D eigenvalue weighted by Crippen LogP contribution is 2.28. The molecule has 0 radical (unpaired) electrons. The molecule has 0 fully saturated rings. The normalized spacial score (nSPS) is 10.9. The van der Waals surface area contributed by atoms with E-state index in [2.05, 4.69) is 15.3 Å². The molecule has 0 saturated heterocycles. The zero-order valence-corrected chi connectivity index (χ0v) is 13.2. The van der Waals surface area contributed by atoms with Gasteiger partial charge >= 0.3 is 0 Å². The summed E-state index contributed by atoms with van der Waals surface area (Å²) in [6.45, 7) is 1.62. The fraction of sp³-hybridized carbons (Fsp3) is 0.286. The maximum Gasteiger partial charge on any atom is 0.296 e. The van der Waals surface area contributed by atoms with E-state index in [0.29, 0.717) is 28.6 Å². The highest BCUT2D eigenvalue weighted by molar-refractivity contribution is 7.16. The minimum Gasteiger partial charge on any atom is -0.493 e. The zero-order chi connectivity index (χ0) is 15.7. The number of hydrogen-bond donors (Lipinski definition) is 0. The van der Waals surface area contributed by atoms with E-state index < -0.39 is 0 Å². The molecule has 7 nitrogen and oxygen atoms in total. The number of rotatable bonds is 4. The molecule has 2 heterocycles. The molecular formula is C14H14N4O3S. The number of ether oxygens (including phenoxy) is 2. The van der Waals surface area contributed by atoms with Gasteiger partial charge in [-0.25, -0.2) is 0 Å². The molecule has 0 unspecified atom stereocenters. The summed E-state index contributed by atoms with van der Waals surface area (Å²) < 4.78 is 11.8. The molecule has 0 N–H and O–H groups in total. The third kappa shape index (κ3) is 2.52. The highest BCUT2D eigenvalue weighted by Gasteiger charge is 2.11. The Kier molecular flexibility index (Phi) is 3.76. The SMILES string of the molecule is COc1ccc(Cc2nn3c(=O)c(C)nnc3s2)cc1OC. The first kappa shape index (κ1) is 14.5. The number of aryl methyl sites for hydroxylation is 1. The van der Waals surface area contributed by atoms with E-state index in [0.717, 1.165) is 10.6 Å². The monoisotopic (exact) mass is 318 g/mol. The van der Waals surface area contributed by atoms with Crippen molar-refractivity contribution in [3.8, 4) is 11.5 Å². The van der Waals surface area contributed by atoms with Crippen molar-refractivity contribution in [1.29, 1.82) is 0 Å². The zero-order valence-electron chi connectivity index (χ0n) is 12.4. The van der Waals surface area contributed by atoms with Crippen molar-refractivity contribution in [2.45, 2.75) is 13.3 Å². The topological polar surface area (TPSA) is 78.6 Å². The summed E-state index contributed by atoms with van der Waals surface area (Å²) >= 11 is 1.34. The van der Waals surface area contributed by atoms with Gasteiger partial charge in [-0.1, -0.05) is 17.4 Å². The molecule has 0 aliphatic heterocycles. The van der Waals surface area contributed by atoms with Gasteiger partial charge in [0.15, 0.2) is 11.5 Å². The molecule has 8 heteroatoms. The third-order valence-electron chi connectivity index (χ3n) is 3.19. The molecule has 0 spiro atoms. The van der Waals surface area contributed by atoms with Gasteiger partial charge in [-0.05, 0) is 24.6 Å². The van der Waals surface area contributed by atoms with Crippen molar-refractivity contribution in [1.82, 2.24) is 19.8 Å². The maximum absolute atomic E-state index is 11.9. The van der Waals surface area contributed by atoms with E-state index in [1.54, 1.807) is 21.1 Å². The first-order valence-corrected chi connectivity index (χ1v) is 7.37. The molecule has 2 aromatic heterocycles. The summed E-state index contributed by atoms with van der Waals surface area (Å²) in [5.74, 6) is 1.34. The maximum atomic E-state index is 11.9. The number of aromatic nitrogens is 4. The molecule has 22 heavy (non-hydrogen) atoms. The lowest BCUT2D eigenvalue weighted by Crippen LogP contribution is -2.19. The van der Waals surface area contributed by atoms with Gasteiger partial charge in [0.1, 0.15) is 10.7 Å². The molecule has 0 amide bonds. The Morgan fingerprint density at radius 2 is 1.95 bits per heavy atom. The molecule has 0 aliphatic rings. The van der Waals surface area contributed by atoms with E-state index >= 15 is 0 Å². The van der Waals surface area contributed by atoms with Gasteiger partial charge in [0, 0.05) is 6.42 Å². The molecule has 0 atom stereocenters. The van der Waals surface area contributed by atoms with Crippen LogP contribution in [0.5, 0.6) is 11.5 Å². The molecular weight excluding hydrogens is 304 g/mol. The van der Waals surface area contributed by atoms with Crippen molar-refractivity contribution in [3.05, 3.63) is 44.8 Å². The Hall–Kier alpha value is -2.48. The Morgan fingerprint density at radius 1 is 1.18 bits per heavy atom. The lowest BCUT2D eigenvalue weighted by Gasteiger charge is -2.08. The summed E-state index contributed by atoms with van der Waals surface area (Å²) in [6, 6.07) is 5.68. The smallest absolute Gasteiger partial charge is 0.296 e. The summed E-state index contributed by atoms with van der Waals surface area (Å²) in [6.07, 6.45) is 0.576. The average molecular weight is 318 g/mol. The Balaban J connectivity index is 1.96. The van der Waals surface area contributed by atoms with E-state index in [4.69, 9.17) is 9.47 Å². The average Bonchev–Trinajstić information content (AvgIpc) is 2.94. The third-order valence-corrected chi connectivity index (χ3v) is 4.09. The van der Waals surface area contributed by atoms with Crippen LogP contribution in [-0.2, 0) is 6.42 Å². The fourth-order valence-corrected chi connectivity index (χ4v) is 2.93. The van der Waals surface area contributed by atoms with Crippen LogP contribution < -0.4 is 15.0 Å². The van der Waals surface area contributed by atoms with E-state index in [1.807, 2.05) is 18.2 Å². The summed E-state index contributed by atoms with van der Waals surface area (Å²) in [4.78, 5) is 12.4. The quantitative estimate of drug-likeness (QED) is 0.725. The standard InChI is InChI=1S/C14H14N4O3S/c1-8-13(19)18-14(16-15-8)22-12(17-18)7-9-4-5-10(20-2)11(6-9)21-3/h4-6H,7H2,1-3H3. The number of nitrogens with zero attached hydrogens (tertiary/aromatic N) is 4. The first-order valence-electron chi connectivity index (χ1n) is 6.55. The lowest BCUT2D eigenvalue weighted by molar-refractivity contribution is 0.354. The van der Waals surface area contributed by atoms with Gasteiger partial charge in [0.2, 0.25) is 4.96 Å². The van der Waals surface area contributed by atoms with Crippen molar-refractivity contribution >= 4 is 16.3 Å². The van der Waals surface area contributed by atoms with Crippen LogP contribution in [0.2, 0.25) is 0 Å². The van der Waals surface area contributed by atoms with E-state index in [9.17, 15) is 4.79 Å². The summed E-state index contributed by atoms with van der Waals surface area (Å²) in [5.41, 5.74) is 1.11. The first-order chi connectivity index (χ1) is 10.6. The van der Waals surface area contributed by atoms with Crippen molar-refractivity contribution < 1.29 is 9.47 Å². The highest BCUT2D eigenvalue weighted by atomic mass is 32.1. The van der Waals surface area contributed by atoms with E-state index in [1.165, 1.54) is 15.9 Å². The molecule has 114 valence electrons. The fourth-order valence-electron chi connectivity index (χ4n) is 2.07. The molecule has 3 rings (SSSR count). The molecule has 0 bridgehead atoms. The van der Waals surface area contributed by atoms with Crippen LogP contribution in [-0.4, -0.2) is 34.0 Å². The second-order valence-corrected chi connectivity index (χ2v) is 5.69. The molecule has 1 aromatic carbocycles. The van der Waals surface area contributed by atoms with Gasteiger partial charge in [0.05, 0.1) is 14.2 Å². The van der Waals surface area contributed by atoms with Crippen LogP contribution in [0.15, 0.2) is 23.0 Å². The second-order valence-electron chi connectivity index (χ2n) is 4.65. The molecule has 3 aromatic rings. The second kappa shape index (κ2) is 5.72. The van der Waals surface area contributed by atoms with Crippen LogP contribution >= 0.6 is 11.3 Å². The number of benzene rings is 1. The van der Waals surface area contributed by atoms with Gasteiger partial charge in [0.25, 0.3) is 5.56 Å². The van der Waals surface area contributed by atoms with Gasteiger partial charge in [-0.3, -0.25) is 4.79 Å². The summed E-state index contributed by atoms with van der Waals surface area (Å²) in [7, 11) is 3.19. The predicted octanol–water partition coefficient (Wildman–Crippen LogP) is 1.46. The van der Waals surface area contributed by atoms with Crippen LogP contribution in [0.25, 0.3) is 4.96 Å². The van der Waals surface area contributed by atoms with Crippen LogP contribution in [0.1, 0.15) is 16.3 Å². The Labute approximate surface area is 130 Å². The van der Waals surface area contributed by atoms with E-state index in [-0.39, 0.29) is 5.56 Å². The van der Waals surface area contributed by atoms with Crippen molar-refractivity contribution in [2.75, 3.05) is 14.2 Å². The van der Waals surface area contributed by atoms with Crippen LogP contribution in [0.4, 0.5) is 0 Å². The largest absolute Gasteiger partial charge is 0.493 e. The number of hydrogen-bond acceptors (Lipinski definition) is 7. The minimum atomic E-state index is -0.236. The van der Waals surface area contributed by atoms with Crippen LogP contribution in [0, 0.1) is 6.92 Å². The van der Waals surface area contributed by atoms with Crippen molar-refractivity contribution in [3.63, 3.8) is 0 Å². The number of fused-ring (bicyclic) bond motifs is 1. The van der Waals surface area contributed by atoms with Gasteiger partial charge in [-0.15, -0.1) is 10.2 Å². The lowest BCUT2D eigenvalue weighted by atomic mass is 10.1. The Bertz CT molecular complexity index is 887. The molecule has 0 aliphatic carbocycles. The van der Waals surface area contributed by atoms with Crippen molar-refractivity contribution in [2.24, 2.45) is 0 Å². The number of methoxy groups -OCH3 is 2. The summed E-state index contributed by atoms with van der Waals surface area (Å²) in [5, 5.41) is 12.9. The minimum absolute atomic E-state index is 0.236.